The first kappa shape index (κ1) is 97.9. The molecule has 14 aromatic carbocycles. The van der Waals surface area contributed by atoms with Crippen molar-refractivity contribution in [3.8, 4) is 39.4 Å². The lowest BCUT2D eigenvalue weighted by atomic mass is 9.82. The van der Waals surface area contributed by atoms with E-state index in [1.54, 1.807) is 0 Å². The third-order valence-corrected chi connectivity index (χ3v) is 21.1. The van der Waals surface area contributed by atoms with Gasteiger partial charge in [-0.1, -0.05) is 532 Å². The molecule has 0 fully saturated rings. The van der Waals surface area contributed by atoms with Crippen LogP contribution in [0.5, 0.6) is 0 Å². The Morgan fingerprint density at radius 2 is 0.500 bits per heavy atom. The van der Waals surface area contributed by atoms with E-state index in [-0.39, 0.29) is 43.3 Å². The van der Waals surface area contributed by atoms with Gasteiger partial charge in [0.25, 0.3) is 0 Å². The summed E-state index contributed by atoms with van der Waals surface area (Å²) in [6.07, 6.45) is 0. The molecule has 120 heavy (non-hydrogen) atoms. The van der Waals surface area contributed by atoms with E-state index in [1.165, 1.54) is 116 Å². The Morgan fingerprint density at radius 3 is 0.933 bits per heavy atom. The Morgan fingerprint density at radius 1 is 0.192 bits per heavy atom. The lowest BCUT2D eigenvalue weighted by Crippen LogP contribution is -2.12. The summed E-state index contributed by atoms with van der Waals surface area (Å²) in [6, 6.07) is 126. The second-order valence-electron chi connectivity index (χ2n) is 40.9. The van der Waals surface area contributed by atoms with E-state index in [0.29, 0.717) is 5.41 Å². The topological polar surface area (TPSA) is 23.8 Å². The highest BCUT2D eigenvalue weighted by Gasteiger charge is 2.22. The third kappa shape index (κ3) is 32.7. The van der Waals surface area contributed by atoms with Crippen molar-refractivity contribution in [2.45, 2.75) is 250 Å². The van der Waals surface area contributed by atoms with E-state index < -0.39 is 0 Å². The minimum Gasteiger partial charge on any atom is -0.192 e. The molecule has 0 aliphatic carbocycles. The molecule has 0 bridgehead atoms. The van der Waals surface area contributed by atoms with Crippen molar-refractivity contribution in [2.75, 3.05) is 0 Å². The van der Waals surface area contributed by atoms with Gasteiger partial charge in [0.2, 0.25) is 0 Å². The van der Waals surface area contributed by atoms with Crippen LogP contribution in [0.4, 0.5) is 0 Å². The Hall–Kier alpha value is -10.9. The molecule has 0 N–H and O–H groups in total. The Kier molecular flexibility index (Phi) is 35.8. The first-order chi connectivity index (χ1) is 56.0. The summed E-state index contributed by atoms with van der Waals surface area (Å²) in [6.45, 7) is 64.7. The maximum atomic E-state index is 8.58. The van der Waals surface area contributed by atoms with Crippen LogP contribution < -0.4 is 0 Å². The predicted molar refractivity (Wildman–Crippen MR) is 532 cm³/mol. The number of benzene rings is 14. The normalized spacial score (nSPS) is 11.5. The number of hydrogen-bond acceptors (Lipinski definition) is 1. The van der Waals surface area contributed by atoms with Gasteiger partial charge in [0.1, 0.15) is 0 Å². The number of rotatable bonds is 3. The van der Waals surface area contributed by atoms with Gasteiger partial charge in [-0.15, -0.1) is 0 Å². The van der Waals surface area contributed by atoms with Crippen LogP contribution in [-0.4, -0.2) is 0 Å². The Labute approximate surface area is 729 Å². The third-order valence-electron chi connectivity index (χ3n) is 21.1. The molecule has 0 unspecified atom stereocenters. The largest absolute Gasteiger partial charge is 0.192 e. The standard InChI is InChI=1S/3C16H18.2C14H16.C11H13N.2C11H16.C10H14/c1-16(2,3)15-12-8-7-11-14(15)13-9-5-4-6-10-13;1-16(2,3)15-11-7-10-14(12-15)13-8-5-4-6-9-13;1-16(2,3)15-11-9-14(10-12-15)13-7-5-4-6-8-13;1-14(2,3)13-10-6-8-11-7-4-5-9-12(11)13;1-14(2,3)13-9-8-11-6-4-5-7-12(11)10-13;1-11(2,3)10-6-4-9(8-12)5-7-10;1-9-6-5-7-10(8-9)11(2,3)4;1-9-7-5-6-8-10(9)11(2,3)4;1-10(2,3)9-7-5-4-6-8-9/h3*4-12H,1-3H3;2*4-10H,1-3H3;4-7H,1-3H3;2*5-8H,1-4H3;4-8H,1-3H3. The summed E-state index contributed by atoms with van der Waals surface area (Å²) in [5.74, 6) is 0. The number of nitrogens with zero attached hydrogens (tertiary/aromatic N) is 1. The monoisotopic (exact) mass is 1590 g/mol. The van der Waals surface area contributed by atoms with E-state index in [0.717, 1.165) is 5.56 Å². The van der Waals surface area contributed by atoms with Gasteiger partial charge < -0.3 is 0 Å². The van der Waals surface area contributed by atoms with E-state index >= 15 is 0 Å². The van der Waals surface area contributed by atoms with Crippen LogP contribution >= 0.6 is 0 Å². The Balaban J connectivity index is 0.000000210. The molecule has 0 saturated heterocycles. The number of nitriles is 1. The molecular weight excluding hydrogens is 1440 g/mol. The molecule has 0 atom stereocenters. The van der Waals surface area contributed by atoms with E-state index in [2.05, 4.69) is 528 Å². The molecule has 0 spiro atoms. The highest BCUT2D eigenvalue weighted by Crippen LogP contribution is 2.36. The molecule has 0 aliphatic heterocycles. The van der Waals surface area contributed by atoms with Gasteiger partial charge >= 0.3 is 0 Å². The van der Waals surface area contributed by atoms with Crippen molar-refractivity contribution in [3.05, 3.63) is 419 Å². The van der Waals surface area contributed by atoms with Crippen molar-refractivity contribution >= 4 is 21.5 Å². The molecule has 0 saturated carbocycles. The second-order valence-corrected chi connectivity index (χ2v) is 40.9. The highest BCUT2D eigenvalue weighted by atomic mass is 14.3. The zero-order valence-corrected chi connectivity index (χ0v) is 78.9. The molecule has 14 aromatic rings. The first-order valence-corrected chi connectivity index (χ1v) is 43.2. The fourth-order valence-corrected chi connectivity index (χ4v) is 13.6. The van der Waals surface area contributed by atoms with Crippen molar-refractivity contribution < 1.29 is 0 Å². The molecule has 626 valence electrons. The zero-order chi connectivity index (χ0) is 88.9. The Bertz CT molecular complexity index is 5360. The molecule has 1 heteroatoms. The van der Waals surface area contributed by atoms with E-state index in [9.17, 15) is 0 Å². The first-order valence-electron chi connectivity index (χ1n) is 43.2. The molecular formula is C119H145N. The van der Waals surface area contributed by atoms with Crippen molar-refractivity contribution in [1.29, 1.82) is 5.26 Å². The summed E-state index contributed by atoms with van der Waals surface area (Å²) in [5, 5.41) is 13.9. The lowest BCUT2D eigenvalue weighted by molar-refractivity contribution is 0.586. The van der Waals surface area contributed by atoms with Gasteiger partial charge in [-0.2, -0.15) is 5.26 Å². The van der Waals surface area contributed by atoms with Crippen LogP contribution in [0, 0.1) is 25.2 Å². The minimum atomic E-state index is 0.175. The number of aryl methyl sites for hydroxylation is 2. The summed E-state index contributed by atoms with van der Waals surface area (Å²) in [7, 11) is 0. The molecule has 0 amide bonds. The fourth-order valence-electron chi connectivity index (χ4n) is 13.6. The van der Waals surface area contributed by atoms with Crippen LogP contribution in [-0.2, 0) is 48.7 Å². The fraction of sp³-hybridized carbons (Fsp3) is 0.319. The van der Waals surface area contributed by atoms with Gasteiger partial charge in [-0.3, -0.25) is 0 Å². The van der Waals surface area contributed by atoms with Crippen LogP contribution in [0.3, 0.4) is 0 Å². The van der Waals surface area contributed by atoms with Crippen LogP contribution in [0.25, 0.3) is 54.9 Å². The molecule has 1 nitrogen and oxygen atoms in total. The van der Waals surface area contributed by atoms with Gasteiger partial charge in [-0.25, -0.2) is 0 Å². The molecule has 0 radical (unpaired) electrons. The van der Waals surface area contributed by atoms with Crippen LogP contribution in [0.1, 0.15) is 254 Å². The van der Waals surface area contributed by atoms with Gasteiger partial charge in [0, 0.05) is 0 Å². The molecule has 0 aliphatic rings. The quantitative estimate of drug-likeness (QED) is 0.173. The summed E-state index contributed by atoms with van der Waals surface area (Å²) < 4.78 is 0. The summed E-state index contributed by atoms with van der Waals surface area (Å²) >= 11 is 0. The lowest BCUT2D eigenvalue weighted by Gasteiger charge is -2.23. The SMILES string of the molecule is CC(C)(C)c1ccc(-c2ccccc2)cc1.CC(C)(C)c1ccc(C#N)cc1.CC(C)(C)c1ccc2ccccc2c1.CC(C)(C)c1cccc(-c2ccccc2)c1.CC(C)(C)c1cccc2ccccc12.CC(C)(C)c1ccccc1.CC(C)(C)c1ccccc1-c1ccccc1.Cc1cccc(C(C)(C)C)c1.Cc1ccccc1C(C)(C)C. The second kappa shape index (κ2) is 43.9. The van der Waals surface area contributed by atoms with Crippen molar-refractivity contribution in [3.63, 3.8) is 0 Å². The maximum Gasteiger partial charge on any atom is 0.0991 e. The predicted octanol–water partition coefficient (Wildman–Crippen LogP) is 34.7. The van der Waals surface area contributed by atoms with Crippen LogP contribution in [0.15, 0.2) is 352 Å². The number of hydrogen-bond donors (Lipinski definition) is 0. The summed E-state index contributed by atoms with van der Waals surface area (Å²) in [4.78, 5) is 0. The van der Waals surface area contributed by atoms with Crippen LogP contribution in [0.2, 0.25) is 0 Å². The van der Waals surface area contributed by atoms with Crippen molar-refractivity contribution in [1.82, 2.24) is 0 Å². The van der Waals surface area contributed by atoms with E-state index in [4.69, 9.17) is 5.26 Å². The van der Waals surface area contributed by atoms with E-state index in [1.807, 2.05) is 30.3 Å². The van der Waals surface area contributed by atoms with Gasteiger partial charge in [0.15, 0.2) is 0 Å². The molecule has 0 aromatic heterocycles. The smallest absolute Gasteiger partial charge is 0.0991 e. The van der Waals surface area contributed by atoms with Crippen molar-refractivity contribution in [2.24, 2.45) is 0 Å². The molecule has 0 heterocycles. The molecule has 14 rings (SSSR count). The zero-order valence-electron chi connectivity index (χ0n) is 78.9. The van der Waals surface area contributed by atoms with Gasteiger partial charge in [0.05, 0.1) is 11.6 Å². The maximum absolute atomic E-state index is 8.58. The number of fused-ring (bicyclic) bond motifs is 2. The average molecular weight is 1590 g/mol. The summed E-state index contributed by atoms with van der Waals surface area (Å²) in [5.41, 5.74) is 25.9. The average Bonchev–Trinajstić information content (AvgIpc) is 0.803. The minimum absolute atomic E-state index is 0.175. The highest BCUT2D eigenvalue weighted by molar-refractivity contribution is 5.87. The van der Waals surface area contributed by atoms with Gasteiger partial charge in [-0.05, 0) is 185 Å².